The van der Waals surface area contributed by atoms with Gasteiger partial charge >= 0.3 is 0 Å². The van der Waals surface area contributed by atoms with Crippen molar-refractivity contribution in [2.75, 3.05) is 5.32 Å². The van der Waals surface area contributed by atoms with E-state index in [2.05, 4.69) is 30.9 Å². The van der Waals surface area contributed by atoms with E-state index in [9.17, 15) is 4.79 Å². The fraction of sp³-hybridized carbons (Fsp3) is 0.143. The predicted octanol–water partition coefficient (Wildman–Crippen LogP) is 1.04. The molecule has 0 atom stereocenters. The van der Waals surface area contributed by atoms with Gasteiger partial charge in [0.25, 0.3) is 5.91 Å². The smallest absolute Gasteiger partial charge is 0.258 e. The molecule has 1 N–H and O–H groups in total. The predicted molar refractivity (Wildman–Crippen MR) is 81.2 cm³/mol. The fourth-order valence-corrected chi connectivity index (χ4v) is 2.41. The van der Waals surface area contributed by atoms with Crippen LogP contribution in [-0.4, -0.2) is 40.5 Å². The van der Waals surface area contributed by atoms with Crippen molar-refractivity contribution in [2.24, 2.45) is 0 Å². The number of hydrogen-bond acceptors (Lipinski definition) is 6. The van der Waals surface area contributed by atoms with Crippen LogP contribution in [0.5, 0.6) is 0 Å². The Kier molecular flexibility index (Phi) is 2.80. The van der Waals surface area contributed by atoms with Crippen LogP contribution in [0.2, 0.25) is 0 Å². The first-order valence-electron chi connectivity index (χ1n) is 6.93. The lowest BCUT2D eigenvalue weighted by Gasteiger charge is -2.01. The Bertz CT molecular complexity index is 1050. The first kappa shape index (κ1) is 13.3. The van der Waals surface area contributed by atoms with E-state index in [1.165, 1.54) is 4.52 Å². The minimum absolute atomic E-state index is 0.291. The van der Waals surface area contributed by atoms with Gasteiger partial charge in [-0.15, -0.1) is 10.2 Å². The van der Waals surface area contributed by atoms with Crippen molar-refractivity contribution in [1.29, 1.82) is 0 Å². The van der Waals surface area contributed by atoms with Crippen molar-refractivity contribution in [3.8, 4) is 0 Å². The summed E-state index contributed by atoms with van der Waals surface area (Å²) in [6.45, 7) is 3.85. The molecule has 0 aliphatic rings. The number of nitrogens with zero attached hydrogens (tertiary/aromatic N) is 7. The molecule has 0 radical (unpaired) electrons. The van der Waals surface area contributed by atoms with Crippen molar-refractivity contribution in [3.05, 3.63) is 47.4 Å². The highest BCUT2D eigenvalue weighted by Crippen LogP contribution is 2.13. The molecule has 9 nitrogen and oxygen atoms in total. The van der Waals surface area contributed by atoms with Crippen molar-refractivity contribution < 1.29 is 4.79 Å². The zero-order chi connectivity index (χ0) is 16.0. The van der Waals surface area contributed by atoms with Gasteiger partial charge < -0.3 is 5.32 Å². The van der Waals surface area contributed by atoms with E-state index in [0.717, 1.165) is 11.4 Å². The van der Waals surface area contributed by atoms with Gasteiger partial charge in [0.1, 0.15) is 0 Å². The molecule has 4 rings (SSSR count). The third kappa shape index (κ3) is 2.27. The maximum absolute atomic E-state index is 12.3. The molecule has 0 bridgehead atoms. The summed E-state index contributed by atoms with van der Waals surface area (Å²) in [6, 6.07) is 6.99. The SMILES string of the molecule is Cc1cc(C)n2nc(NC(=O)c3ccc4nnnn4c3)cc2n1. The third-order valence-corrected chi connectivity index (χ3v) is 3.43. The lowest BCUT2D eigenvalue weighted by Crippen LogP contribution is -2.13. The maximum Gasteiger partial charge on any atom is 0.258 e. The molecule has 0 saturated carbocycles. The molecular weight excluding hydrogens is 296 g/mol. The molecule has 0 aliphatic heterocycles. The minimum Gasteiger partial charge on any atom is -0.305 e. The lowest BCUT2D eigenvalue weighted by molar-refractivity contribution is 0.102. The van der Waals surface area contributed by atoms with Crippen LogP contribution < -0.4 is 5.32 Å². The molecule has 0 fully saturated rings. The zero-order valence-corrected chi connectivity index (χ0v) is 12.4. The average molecular weight is 308 g/mol. The Morgan fingerprint density at radius 3 is 2.91 bits per heavy atom. The van der Waals surface area contributed by atoms with Crippen LogP contribution >= 0.6 is 0 Å². The molecule has 0 saturated heterocycles. The van der Waals surface area contributed by atoms with Gasteiger partial charge in [0, 0.05) is 23.7 Å². The largest absolute Gasteiger partial charge is 0.305 e. The number of tetrazole rings is 1. The molecule has 0 aromatic carbocycles. The van der Waals surface area contributed by atoms with E-state index in [0.29, 0.717) is 22.7 Å². The Labute approximate surface area is 130 Å². The van der Waals surface area contributed by atoms with Gasteiger partial charge in [-0.05, 0) is 42.5 Å². The molecule has 9 heteroatoms. The zero-order valence-electron chi connectivity index (χ0n) is 12.4. The highest BCUT2D eigenvalue weighted by molar-refractivity contribution is 6.03. The van der Waals surface area contributed by atoms with Gasteiger partial charge in [0.15, 0.2) is 17.1 Å². The van der Waals surface area contributed by atoms with Crippen LogP contribution in [-0.2, 0) is 0 Å². The number of hydrogen-bond donors (Lipinski definition) is 1. The molecule has 4 aromatic heterocycles. The van der Waals surface area contributed by atoms with Crippen molar-refractivity contribution in [1.82, 2.24) is 34.6 Å². The Hall–Kier alpha value is -3.36. The highest BCUT2D eigenvalue weighted by atomic mass is 16.1. The van der Waals surface area contributed by atoms with Crippen LogP contribution in [0.4, 0.5) is 5.82 Å². The summed E-state index contributed by atoms with van der Waals surface area (Å²) in [4.78, 5) is 16.7. The molecule has 0 aliphatic carbocycles. The van der Waals surface area contributed by atoms with Crippen molar-refractivity contribution >= 4 is 23.0 Å². The van der Waals surface area contributed by atoms with E-state index in [1.54, 1.807) is 28.9 Å². The number of aromatic nitrogens is 7. The fourth-order valence-electron chi connectivity index (χ4n) is 2.41. The second kappa shape index (κ2) is 4.83. The Morgan fingerprint density at radius 1 is 1.17 bits per heavy atom. The highest BCUT2D eigenvalue weighted by Gasteiger charge is 2.12. The van der Waals surface area contributed by atoms with Crippen molar-refractivity contribution in [2.45, 2.75) is 13.8 Å². The van der Waals surface area contributed by atoms with E-state index >= 15 is 0 Å². The van der Waals surface area contributed by atoms with Gasteiger partial charge in [-0.25, -0.2) is 9.50 Å². The molecule has 0 spiro atoms. The molecule has 4 heterocycles. The maximum atomic E-state index is 12.3. The molecular formula is C14H12N8O. The standard InChI is InChI=1S/C14H12N8O/c1-8-5-9(2)22-13(15-8)6-11(18-22)16-14(23)10-3-4-12-17-19-20-21(12)7-10/h3-7H,1-2H3,(H,16,18,23). The molecule has 1 amide bonds. The lowest BCUT2D eigenvalue weighted by atomic mass is 10.2. The summed E-state index contributed by atoms with van der Waals surface area (Å²) in [5.74, 6) is 0.146. The summed E-state index contributed by atoms with van der Waals surface area (Å²) in [7, 11) is 0. The van der Waals surface area contributed by atoms with Crippen LogP contribution in [0.25, 0.3) is 11.3 Å². The Morgan fingerprint density at radius 2 is 2.04 bits per heavy atom. The van der Waals surface area contributed by atoms with Crippen molar-refractivity contribution in [3.63, 3.8) is 0 Å². The number of amides is 1. The number of anilines is 1. The second-order valence-corrected chi connectivity index (χ2v) is 5.19. The first-order valence-corrected chi connectivity index (χ1v) is 6.93. The van der Waals surface area contributed by atoms with Gasteiger partial charge in [-0.3, -0.25) is 4.79 Å². The van der Waals surface area contributed by atoms with E-state index < -0.39 is 0 Å². The van der Waals surface area contributed by atoms with E-state index in [4.69, 9.17) is 0 Å². The second-order valence-electron chi connectivity index (χ2n) is 5.19. The summed E-state index contributed by atoms with van der Waals surface area (Å²) in [5, 5.41) is 18.2. The monoisotopic (exact) mass is 308 g/mol. The number of nitrogens with one attached hydrogen (secondary N) is 1. The summed E-state index contributed by atoms with van der Waals surface area (Å²) < 4.78 is 3.13. The summed E-state index contributed by atoms with van der Waals surface area (Å²) >= 11 is 0. The van der Waals surface area contributed by atoms with Crippen LogP contribution in [0, 0.1) is 13.8 Å². The first-order chi connectivity index (χ1) is 11.1. The van der Waals surface area contributed by atoms with Gasteiger partial charge in [0.2, 0.25) is 0 Å². The molecule has 23 heavy (non-hydrogen) atoms. The number of rotatable bonds is 2. The molecule has 114 valence electrons. The minimum atomic E-state index is -0.291. The Balaban J connectivity index is 1.66. The molecule has 4 aromatic rings. The quantitative estimate of drug-likeness (QED) is 0.593. The topological polar surface area (TPSA) is 102 Å². The van der Waals surface area contributed by atoms with Gasteiger partial charge in [-0.2, -0.15) is 4.52 Å². The van der Waals surface area contributed by atoms with E-state index in [1.807, 2.05) is 19.9 Å². The van der Waals surface area contributed by atoms with E-state index in [-0.39, 0.29) is 5.91 Å². The van der Waals surface area contributed by atoms with Crippen LogP contribution in [0.15, 0.2) is 30.5 Å². The number of carbonyl (C=O) groups is 1. The van der Waals surface area contributed by atoms with Gasteiger partial charge in [0.05, 0.1) is 5.56 Å². The molecule has 0 unspecified atom stereocenters. The van der Waals surface area contributed by atoms with Gasteiger partial charge in [-0.1, -0.05) is 0 Å². The number of pyridine rings is 1. The normalized spacial score (nSPS) is 11.2. The summed E-state index contributed by atoms with van der Waals surface area (Å²) in [5.41, 5.74) is 3.54. The van der Waals surface area contributed by atoms with Crippen LogP contribution in [0.3, 0.4) is 0 Å². The number of aryl methyl sites for hydroxylation is 2. The average Bonchev–Trinajstić information content (AvgIpc) is 3.12. The summed E-state index contributed by atoms with van der Waals surface area (Å²) in [6.07, 6.45) is 1.56. The number of carbonyl (C=O) groups excluding carboxylic acids is 1. The van der Waals surface area contributed by atoms with Crippen LogP contribution in [0.1, 0.15) is 21.7 Å². The number of fused-ring (bicyclic) bond motifs is 2. The third-order valence-electron chi connectivity index (χ3n) is 3.43.